The first kappa shape index (κ1) is 15.9. The molecule has 0 radical (unpaired) electrons. The van der Waals surface area contributed by atoms with Crippen molar-refractivity contribution in [3.05, 3.63) is 54.0 Å². The van der Waals surface area contributed by atoms with Crippen LogP contribution in [0.25, 0.3) is 0 Å². The second-order valence-corrected chi connectivity index (χ2v) is 4.70. The molecule has 2 aromatic rings. The minimum atomic E-state index is -0.250. The van der Waals surface area contributed by atoms with E-state index in [0.29, 0.717) is 24.7 Å². The number of carbonyl (C=O) groups excluding carboxylic acids is 1. The first-order valence-electron chi connectivity index (χ1n) is 7.16. The Balaban J connectivity index is 1.78. The summed E-state index contributed by atoms with van der Waals surface area (Å²) in [5, 5.41) is 5.88. The van der Waals surface area contributed by atoms with Gasteiger partial charge in [0.25, 0.3) is 5.91 Å². The van der Waals surface area contributed by atoms with Crippen molar-refractivity contribution in [1.82, 2.24) is 15.3 Å². The Labute approximate surface area is 129 Å². The van der Waals surface area contributed by atoms with Gasteiger partial charge in [-0.1, -0.05) is 30.3 Å². The molecule has 0 aliphatic rings. The summed E-state index contributed by atoms with van der Waals surface area (Å²) in [6.07, 6.45) is 3.94. The number of nitrogens with one attached hydrogen (secondary N) is 2. The van der Waals surface area contributed by atoms with Gasteiger partial charge >= 0.3 is 0 Å². The van der Waals surface area contributed by atoms with Crippen molar-refractivity contribution in [2.75, 3.05) is 32.1 Å². The predicted octanol–water partition coefficient (Wildman–Crippen LogP) is 1.51. The van der Waals surface area contributed by atoms with Gasteiger partial charge in [0, 0.05) is 20.2 Å². The molecule has 6 nitrogen and oxygen atoms in total. The first-order valence-corrected chi connectivity index (χ1v) is 7.16. The quantitative estimate of drug-likeness (QED) is 0.723. The Kier molecular flexibility index (Phi) is 6.32. The van der Waals surface area contributed by atoms with Gasteiger partial charge in [-0.2, -0.15) is 0 Å². The number of benzene rings is 1. The summed E-state index contributed by atoms with van der Waals surface area (Å²) < 4.78 is 4.87. The zero-order valence-electron chi connectivity index (χ0n) is 12.6. The number of hydrogen-bond donors (Lipinski definition) is 2. The van der Waals surface area contributed by atoms with E-state index in [1.165, 1.54) is 11.8 Å². The fraction of sp³-hybridized carbons (Fsp3) is 0.312. The lowest BCUT2D eigenvalue weighted by molar-refractivity contribution is 0.0932. The molecule has 1 aromatic heterocycles. The zero-order valence-corrected chi connectivity index (χ0v) is 12.6. The molecule has 1 amide bonds. The maximum absolute atomic E-state index is 11.7. The lowest BCUT2D eigenvalue weighted by Gasteiger charge is -2.07. The molecule has 0 saturated carbocycles. The molecule has 0 atom stereocenters. The van der Waals surface area contributed by atoms with Crippen molar-refractivity contribution in [2.45, 2.75) is 6.42 Å². The summed E-state index contributed by atoms with van der Waals surface area (Å²) in [7, 11) is 1.59. The van der Waals surface area contributed by atoms with E-state index in [0.717, 1.165) is 13.0 Å². The van der Waals surface area contributed by atoms with Gasteiger partial charge in [0.05, 0.1) is 19.0 Å². The largest absolute Gasteiger partial charge is 0.383 e. The SMILES string of the molecule is COCCNC(=O)c1cnc(NCCc2ccccc2)cn1. The second-order valence-electron chi connectivity index (χ2n) is 4.70. The molecule has 0 aliphatic carbocycles. The Morgan fingerprint density at radius 1 is 1.14 bits per heavy atom. The number of rotatable bonds is 8. The van der Waals surface area contributed by atoms with E-state index in [9.17, 15) is 4.79 Å². The third-order valence-corrected chi connectivity index (χ3v) is 3.04. The standard InChI is InChI=1S/C16H20N4O2/c1-22-10-9-18-16(21)14-11-20-15(12-19-14)17-8-7-13-5-3-2-4-6-13/h2-6,11-12H,7-10H2,1H3,(H,17,20)(H,18,21). The molecule has 0 fully saturated rings. The molecule has 116 valence electrons. The number of anilines is 1. The van der Waals surface area contributed by atoms with Crippen molar-refractivity contribution >= 4 is 11.7 Å². The fourth-order valence-corrected chi connectivity index (χ4v) is 1.87. The molecule has 0 aliphatic heterocycles. The average molecular weight is 300 g/mol. The van der Waals surface area contributed by atoms with Crippen LogP contribution in [0.2, 0.25) is 0 Å². The van der Waals surface area contributed by atoms with E-state index in [-0.39, 0.29) is 5.91 Å². The summed E-state index contributed by atoms with van der Waals surface area (Å²) in [5.74, 6) is 0.407. The highest BCUT2D eigenvalue weighted by molar-refractivity contribution is 5.91. The van der Waals surface area contributed by atoms with Gasteiger partial charge in [-0.05, 0) is 12.0 Å². The van der Waals surface area contributed by atoms with Gasteiger partial charge in [0.1, 0.15) is 11.5 Å². The summed E-state index contributed by atoms with van der Waals surface area (Å²) in [6, 6.07) is 10.2. The van der Waals surface area contributed by atoms with Gasteiger partial charge in [-0.3, -0.25) is 4.79 Å². The summed E-state index contributed by atoms with van der Waals surface area (Å²) in [6.45, 7) is 1.68. The highest BCUT2D eigenvalue weighted by atomic mass is 16.5. The van der Waals surface area contributed by atoms with E-state index in [2.05, 4.69) is 32.7 Å². The average Bonchev–Trinajstić information content (AvgIpc) is 2.56. The summed E-state index contributed by atoms with van der Waals surface area (Å²) >= 11 is 0. The molecule has 2 N–H and O–H groups in total. The maximum atomic E-state index is 11.7. The van der Waals surface area contributed by atoms with E-state index < -0.39 is 0 Å². The van der Waals surface area contributed by atoms with Crippen LogP contribution in [-0.4, -0.2) is 42.7 Å². The number of ether oxygens (including phenoxy) is 1. The minimum Gasteiger partial charge on any atom is -0.383 e. The van der Waals surface area contributed by atoms with Crippen LogP contribution in [-0.2, 0) is 11.2 Å². The Morgan fingerprint density at radius 3 is 2.64 bits per heavy atom. The van der Waals surface area contributed by atoms with Crippen molar-refractivity contribution < 1.29 is 9.53 Å². The van der Waals surface area contributed by atoms with Crippen LogP contribution in [0.3, 0.4) is 0 Å². The molecule has 1 heterocycles. The van der Waals surface area contributed by atoms with E-state index in [1.54, 1.807) is 13.3 Å². The number of methoxy groups -OCH3 is 1. The van der Waals surface area contributed by atoms with Gasteiger partial charge in [-0.25, -0.2) is 9.97 Å². The normalized spacial score (nSPS) is 10.2. The van der Waals surface area contributed by atoms with Crippen LogP contribution in [0.5, 0.6) is 0 Å². The van der Waals surface area contributed by atoms with Crippen LogP contribution in [0.15, 0.2) is 42.7 Å². The van der Waals surface area contributed by atoms with E-state index >= 15 is 0 Å². The molecular formula is C16H20N4O2. The Bertz CT molecular complexity index is 572. The Hall–Kier alpha value is -2.47. The highest BCUT2D eigenvalue weighted by Crippen LogP contribution is 2.03. The van der Waals surface area contributed by atoms with Crippen LogP contribution in [0.1, 0.15) is 16.1 Å². The second kappa shape index (κ2) is 8.74. The molecule has 22 heavy (non-hydrogen) atoms. The van der Waals surface area contributed by atoms with Crippen molar-refractivity contribution in [2.24, 2.45) is 0 Å². The van der Waals surface area contributed by atoms with Gasteiger partial charge in [0.2, 0.25) is 0 Å². The summed E-state index contributed by atoms with van der Waals surface area (Å²) in [4.78, 5) is 20.0. The van der Waals surface area contributed by atoms with Crippen LogP contribution < -0.4 is 10.6 Å². The topological polar surface area (TPSA) is 76.1 Å². The van der Waals surface area contributed by atoms with Gasteiger partial charge in [0.15, 0.2) is 0 Å². The Morgan fingerprint density at radius 2 is 1.95 bits per heavy atom. The molecule has 6 heteroatoms. The lowest BCUT2D eigenvalue weighted by atomic mass is 10.1. The molecule has 2 rings (SSSR count). The minimum absolute atomic E-state index is 0.250. The number of amides is 1. The maximum Gasteiger partial charge on any atom is 0.271 e. The van der Waals surface area contributed by atoms with Gasteiger partial charge in [-0.15, -0.1) is 0 Å². The predicted molar refractivity (Wildman–Crippen MR) is 84.9 cm³/mol. The molecule has 0 spiro atoms. The fourth-order valence-electron chi connectivity index (χ4n) is 1.87. The molecule has 0 saturated heterocycles. The van der Waals surface area contributed by atoms with Crippen molar-refractivity contribution in [3.63, 3.8) is 0 Å². The molecule has 0 unspecified atom stereocenters. The first-order chi connectivity index (χ1) is 10.8. The number of hydrogen-bond acceptors (Lipinski definition) is 5. The monoisotopic (exact) mass is 300 g/mol. The van der Waals surface area contributed by atoms with E-state index in [4.69, 9.17) is 4.74 Å². The van der Waals surface area contributed by atoms with Crippen LogP contribution in [0, 0.1) is 0 Å². The third-order valence-electron chi connectivity index (χ3n) is 3.04. The third kappa shape index (κ3) is 5.14. The molecule has 1 aromatic carbocycles. The summed E-state index contributed by atoms with van der Waals surface area (Å²) in [5.41, 5.74) is 1.56. The number of nitrogens with zero attached hydrogens (tertiary/aromatic N) is 2. The lowest BCUT2D eigenvalue weighted by Crippen LogP contribution is -2.27. The number of carbonyl (C=O) groups is 1. The highest BCUT2D eigenvalue weighted by Gasteiger charge is 2.06. The smallest absolute Gasteiger partial charge is 0.271 e. The van der Waals surface area contributed by atoms with E-state index in [1.807, 2.05) is 18.2 Å². The van der Waals surface area contributed by atoms with Gasteiger partial charge < -0.3 is 15.4 Å². The zero-order chi connectivity index (χ0) is 15.6. The molecular weight excluding hydrogens is 280 g/mol. The van der Waals surface area contributed by atoms with Crippen LogP contribution >= 0.6 is 0 Å². The van der Waals surface area contributed by atoms with Crippen LogP contribution in [0.4, 0.5) is 5.82 Å². The molecule has 0 bridgehead atoms. The van der Waals surface area contributed by atoms with Crippen molar-refractivity contribution in [3.8, 4) is 0 Å². The van der Waals surface area contributed by atoms with Crippen molar-refractivity contribution in [1.29, 1.82) is 0 Å². The number of aromatic nitrogens is 2.